The predicted octanol–water partition coefficient (Wildman–Crippen LogP) is 4.56. The van der Waals surface area contributed by atoms with Crippen LogP contribution in [-0.2, 0) is 4.79 Å². The number of nitrogens with zero attached hydrogens (tertiary/aromatic N) is 2. The maximum atomic E-state index is 12.6. The number of likely N-dealkylation sites (N-methyl/N-ethyl adjacent to an activating group) is 1. The molecule has 0 aromatic heterocycles. The van der Waals surface area contributed by atoms with Gasteiger partial charge in [0.05, 0.1) is 16.2 Å². The summed E-state index contributed by atoms with van der Waals surface area (Å²) in [5.74, 6) is -1.11. The zero-order valence-corrected chi connectivity index (χ0v) is 15.5. The number of amides is 1. The molecule has 5 nitrogen and oxygen atoms in total. The summed E-state index contributed by atoms with van der Waals surface area (Å²) in [4.78, 5) is 30.3. The van der Waals surface area contributed by atoms with E-state index in [0.29, 0.717) is 22.3 Å². The van der Waals surface area contributed by atoms with Crippen LogP contribution in [0.15, 0.2) is 76.6 Å². The van der Waals surface area contributed by atoms with Crippen LogP contribution in [0.3, 0.4) is 0 Å². The van der Waals surface area contributed by atoms with Gasteiger partial charge in [0.1, 0.15) is 0 Å². The number of hydrogen-bond donors (Lipinski definition) is 1. The fourth-order valence-corrected chi connectivity index (χ4v) is 3.53. The van der Waals surface area contributed by atoms with Crippen molar-refractivity contribution < 1.29 is 14.7 Å². The van der Waals surface area contributed by atoms with E-state index >= 15 is 0 Å². The summed E-state index contributed by atoms with van der Waals surface area (Å²) in [6, 6.07) is 16.2. The van der Waals surface area contributed by atoms with E-state index in [1.165, 1.54) is 23.9 Å². The van der Waals surface area contributed by atoms with Crippen molar-refractivity contribution in [2.45, 2.75) is 6.92 Å². The molecule has 1 fully saturated rings. The second kappa shape index (κ2) is 8.51. The standard InChI is InChI=1S/C21H18N2O3S/c1-2-23-19(24)18(13-6-10-15-8-4-3-5-9-15)27-21(23)22-17-12-7-11-16(14-17)20(25)26/h3-14H,2H2,1H3,(H,25,26)/b10-6+,18-13-,22-21?. The number of benzene rings is 2. The topological polar surface area (TPSA) is 70.0 Å². The van der Waals surface area contributed by atoms with E-state index in [1.807, 2.05) is 49.4 Å². The first-order valence-electron chi connectivity index (χ1n) is 8.43. The number of thioether (sulfide) groups is 1. The minimum Gasteiger partial charge on any atom is -0.478 e. The predicted molar refractivity (Wildman–Crippen MR) is 109 cm³/mol. The van der Waals surface area contributed by atoms with Crippen LogP contribution >= 0.6 is 11.8 Å². The molecule has 0 saturated carbocycles. The molecule has 6 heteroatoms. The Morgan fingerprint density at radius 2 is 1.96 bits per heavy atom. The Morgan fingerprint density at radius 1 is 1.19 bits per heavy atom. The van der Waals surface area contributed by atoms with Gasteiger partial charge in [-0.05, 0) is 48.5 Å². The van der Waals surface area contributed by atoms with E-state index < -0.39 is 5.97 Å². The zero-order valence-electron chi connectivity index (χ0n) is 14.7. The monoisotopic (exact) mass is 378 g/mol. The van der Waals surface area contributed by atoms with Crippen molar-refractivity contribution in [3.05, 3.63) is 82.8 Å². The van der Waals surface area contributed by atoms with Gasteiger partial charge in [0.15, 0.2) is 5.17 Å². The van der Waals surface area contributed by atoms with Crippen LogP contribution in [0.2, 0.25) is 0 Å². The number of aliphatic imine (C=N–C) groups is 1. The summed E-state index contributed by atoms with van der Waals surface area (Å²) in [5, 5.41) is 9.65. The minimum atomic E-state index is -1.01. The first-order valence-corrected chi connectivity index (χ1v) is 9.25. The molecule has 0 atom stereocenters. The molecule has 1 saturated heterocycles. The van der Waals surface area contributed by atoms with Crippen molar-refractivity contribution >= 4 is 40.6 Å². The molecule has 3 rings (SSSR count). The van der Waals surface area contributed by atoms with Crippen LogP contribution in [0.25, 0.3) is 6.08 Å². The fraction of sp³-hybridized carbons (Fsp3) is 0.0952. The van der Waals surface area contributed by atoms with Gasteiger partial charge in [0.2, 0.25) is 0 Å². The average Bonchev–Trinajstić information content (AvgIpc) is 2.97. The highest BCUT2D eigenvalue weighted by molar-refractivity contribution is 8.18. The molecule has 1 aliphatic heterocycles. The molecule has 2 aromatic rings. The van der Waals surface area contributed by atoms with E-state index in [9.17, 15) is 9.59 Å². The third-order valence-corrected chi connectivity index (χ3v) is 4.88. The Hall–Kier alpha value is -3.12. The lowest BCUT2D eigenvalue weighted by atomic mass is 10.2. The van der Waals surface area contributed by atoms with E-state index in [4.69, 9.17) is 5.11 Å². The summed E-state index contributed by atoms with van der Waals surface area (Å²) in [7, 11) is 0. The van der Waals surface area contributed by atoms with Crippen molar-refractivity contribution in [2.75, 3.05) is 6.54 Å². The van der Waals surface area contributed by atoms with Crippen LogP contribution in [0.5, 0.6) is 0 Å². The lowest BCUT2D eigenvalue weighted by Crippen LogP contribution is -2.28. The van der Waals surface area contributed by atoms with Crippen molar-refractivity contribution in [1.82, 2.24) is 4.90 Å². The lowest BCUT2D eigenvalue weighted by molar-refractivity contribution is -0.122. The van der Waals surface area contributed by atoms with Crippen molar-refractivity contribution in [3.63, 3.8) is 0 Å². The first kappa shape index (κ1) is 18.7. The second-order valence-electron chi connectivity index (χ2n) is 5.70. The van der Waals surface area contributed by atoms with Crippen molar-refractivity contribution in [2.24, 2.45) is 4.99 Å². The Kier molecular flexibility index (Phi) is 5.88. The molecule has 0 aliphatic carbocycles. The molecule has 27 heavy (non-hydrogen) atoms. The van der Waals surface area contributed by atoms with E-state index in [1.54, 1.807) is 23.1 Å². The number of rotatable bonds is 5. The Balaban J connectivity index is 1.84. The molecule has 0 spiro atoms. The first-order chi connectivity index (χ1) is 13.1. The lowest BCUT2D eigenvalue weighted by Gasteiger charge is -2.12. The van der Waals surface area contributed by atoms with Gasteiger partial charge in [0.25, 0.3) is 5.91 Å². The van der Waals surface area contributed by atoms with Crippen molar-refractivity contribution in [3.8, 4) is 0 Å². The number of amidine groups is 1. The van der Waals surface area contributed by atoms with Crippen LogP contribution in [0, 0.1) is 0 Å². The molecule has 1 aliphatic rings. The van der Waals surface area contributed by atoms with Gasteiger partial charge >= 0.3 is 5.97 Å². The highest BCUT2D eigenvalue weighted by Crippen LogP contribution is 2.32. The summed E-state index contributed by atoms with van der Waals surface area (Å²) in [6.45, 7) is 2.37. The number of carboxylic acid groups (broad SMARTS) is 1. The number of aromatic carboxylic acids is 1. The third-order valence-electron chi connectivity index (χ3n) is 3.86. The molecule has 0 radical (unpaired) electrons. The molecular formula is C21H18N2O3S. The molecule has 0 bridgehead atoms. The molecule has 2 aromatic carbocycles. The Labute approximate surface area is 161 Å². The molecule has 1 amide bonds. The van der Waals surface area contributed by atoms with E-state index in [0.717, 1.165) is 5.56 Å². The molecular weight excluding hydrogens is 360 g/mol. The highest BCUT2D eigenvalue weighted by Gasteiger charge is 2.31. The Bertz CT molecular complexity index is 949. The van der Waals surface area contributed by atoms with Gasteiger partial charge < -0.3 is 5.11 Å². The number of carboxylic acids is 1. The van der Waals surface area contributed by atoms with Gasteiger partial charge in [0, 0.05) is 6.54 Å². The van der Waals surface area contributed by atoms with Crippen LogP contribution < -0.4 is 0 Å². The van der Waals surface area contributed by atoms with Gasteiger partial charge in [-0.3, -0.25) is 9.69 Å². The van der Waals surface area contributed by atoms with Gasteiger partial charge in [-0.2, -0.15) is 0 Å². The smallest absolute Gasteiger partial charge is 0.335 e. The van der Waals surface area contributed by atoms with Crippen LogP contribution in [0.4, 0.5) is 5.69 Å². The molecule has 1 heterocycles. The van der Waals surface area contributed by atoms with E-state index in [2.05, 4.69) is 4.99 Å². The van der Waals surface area contributed by atoms with Gasteiger partial charge in [-0.1, -0.05) is 48.6 Å². The quantitative estimate of drug-likeness (QED) is 0.774. The van der Waals surface area contributed by atoms with E-state index in [-0.39, 0.29) is 11.5 Å². The second-order valence-corrected chi connectivity index (χ2v) is 6.71. The summed E-state index contributed by atoms with van der Waals surface area (Å²) in [5.41, 5.74) is 1.72. The van der Waals surface area contributed by atoms with Crippen LogP contribution in [-0.4, -0.2) is 33.6 Å². The largest absolute Gasteiger partial charge is 0.478 e. The van der Waals surface area contributed by atoms with Crippen molar-refractivity contribution in [1.29, 1.82) is 0 Å². The number of carbonyl (C=O) groups excluding carboxylic acids is 1. The number of allylic oxidation sites excluding steroid dienone is 2. The third kappa shape index (κ3) is 4.54. The molecule has 136 valence electrons. The molecule has 1 N–H and O–H groups in total. The summed E-state index contributed by atoms with van der Waals surface area (Å²) < 4.78 is 0. The summed E-state index contributed by atoms with van der Waals surface area (Å²) >= 11 is 1.28. The minimum absolute atomic E-state index is 0.103. The number of carbonyl (C=O) groups is 2. The van der Waals surface area contributed by atoms with Gasteiger partial charge in [-0.25, -0.2) is 9.79 Å². The molecule has 0 unspecified atom stereocenters. The maximum absolute atomic E-state index is 12.6. The SMILES string of the molecule is CCN1C(=O)/C(=C/C=C/c2ccccc2)SC1=Nc1cccc(C(=O)O)c1. The maximum Gasteiger partial charge on any atom is 0.335 e. The summed E-state index contributed by atoms with van der Waals surface area (Å²) in [6.07, 6.45) is 5.55. The van der Waals surface area contributed by atoms with Gasteiger partial charge in [-0.15, -0.1) is 0 Å². The fourth-order valence-electron chi connectivity index (χ4n) is 2.51. The normalized spacial score (nSPS) is 17.4. The highest BCUT2D eigenvalue weighted by atomic mass is 32.2. The number of hydrogen-bond acceptors (Lipinski definition) is 4. The Morgan fingerprint density at radius 3 is 2.67 bits per heavy atom. The van der Waals surface area contributed by atoms with Crippen LogP contribution in [0.1, 0.15) is 22.8 Å². The average molecular weight is 378 g/mol. The zero-order chi connectivity index (χ0) is 19.2.